The molecule has 1 heterocycles. The number of hydrazine groups is 1. The number of aromatic nitrogens is 1. The summed E-state index contributed by atoms with van der Waals surface area (Å²) in [6.45, 7) is -1.40. The standard InChI is InChI=1S/C8H9F3N4O/c9-8(10,11)4-14-7(16)5-2-1-3-13-6(5)15-12/h1-3H,4,12H2,(H,13,15)(H,14,16). The van der Waals surface area contributed by atoms with Crippen LogP contribution in [0.3, 0.4) is 0 Å². The maximum Gasteiger partial charge on any atom is 0.405 e. The van der Waals surface area contributed by atoms with Crippen molar-refractivity contribution in [2.24, 2.45) is 5.84 Å². The van der Waals surface area contributed by atoms with Crippen molar-refractivity contribution in [2.45, 2.75) is 6.18 Å². The van der Waals surface area contributed by atoms with Crippen LogP contribution in [0.1, 0.15) is 10.4 Å². The highest BCUT2D eigenvalue weighted by Gasteiger charge is 2.28. The minimum atomic E-state index is -4.45. The van der Waals surface area contributed by atoms with E-state index in [0.29, 0.717) is 0 Å². The highest BCUT2D eigenvalue weighted by Crippen LogP contribution is 2.14. The van der Waals surface area contributed by atoms with Gasteiger partial charge in [0.05, 0.1) is 5.56 Å². The number of nitrogens with one attached hydrogen (secondary N) is 2. The second-order valence-corrected chi connectivity index (χ2v) is 2.84. The number of carbonyl (C=O) groups is 1. The van der Waals surface area contributed by atoms with E-state index < -0.39 is 18.6 Å². The number of alkyl halides is 3. The second kappa shape index (κ2) is 4.79. The molecule has 1 aromatic rings. The van der Waals surface area contributed by atoms with Gasteiger partial charge in [0.15, 0.2) is 5.82 Å². The van der Waals surface area contributed by atoms with Crippen LogP contribution < -0.4 is 16.6 Å². The molecule has 4 N–H and O–H groups in total. The summed E-state index contributed by atoms with van der Waals surface area (Å²) < 4.78 is 35.5. The molecule has 0 aliphatic rings. The van der Waals surface area contributed by atoms with Crippen molar-refractivity contribution in [3.63, 3.8) is 0 Å². The molecule has 8 heteroatoms. The number of nitrogens with two attached hydrogens (primary N) is 1. The Bertz CT molecular complexity index is 380. The van der Waals surface area contributed by atoms with Gasteiger partial charge in [-0.2, -0.15) is 13.2 Å². The molecule has 0 saturated carbocycles. The fourth-order valence-electron chi connectivity index (χ4n) is 0.979. The first-order valence-corrected chi connectivity index (χ1v) is 4.20. The van der Waals surface area contributed by atoms with Crippen LogP contribution in [0.25, 0.3) is 0 Å². The van der Waals surface area contributed by atoms with Gasteiger partial charge >= 0.3 is 6.18 Å². The number of halogens is 3. The minimum Gasteiger partial charge on any atom is -0.343 e. The van der Waals surface area contributed by atoms with Gasteiger partial charge in [0.25, 0.3) is 5.91 Å². The molecule has 1 aromatic heterocycles. The average molecular weight is 234 g/mol. The first-order valence-electron chi connectivity index (χ1n) is 4.20. The predicted octanol–water partition coefficient (Wildman–Crippen LogP) is 0.659. The van der Waals surface area contributed by atoms with Crippen molar-refractivity contribution in [3.8, 4) is 0 Å². The summed E-state index contributed by atoms with van der Waals surface area (Å²) in [6.07, 6.45) is -3.09. The van der Waals surface area contributed by atoms with Gasteiger partial charge in [-0.15, -0.1) is 0 Å². The molecule has 0 aliphatic heterocycles. The van der Waals surface area contributed by atoms with Gasteiger partial charge in [-0.3, -0.25) is 4.79 Å². The van der Waals surface area contributed by atoms with E-state index in [1.807, 2.05) is 0 Å². The van der Waals surface area contributed by atoms with Crippen LogP contribution in [-0.2, 0) is 0 Å². The van der Waals surface area contributed by atoms with Crippen LogP contribution in [0.15, 0.2) is 18.3 Å². The predicted molar refractivity (Wildman–Crippen MR) is 50.4 cm³/mol. The third kappa shape index (κ3) is 3.39. The van der Waals surface area contributed by atoms with Crippen LogP contribution in [0.5, 0.6) is 0 Å². The molecular weight excluding hydrogens is 225 g/mol. The lowest BCUT2D eigenvalue weighted by Crippen LogP contribution is -2.34. The normalized spacial score (nSPS) is 11.0. The Kier molecular flexibility index (Phi) is 3.67. The van der Waals surface area contributed by atoms with Crippen molar-refractivity contribution in [1.82, 2.24) is 10.3 Å². The van der Waals surface area contributed by atoms with Gasteiger partial charge in [-0.25, -0.2) is 10.8 Å². The highest BCUT2D eigenvalue weighted by molar-refractivity contribution is 5.98. The zero-order valence-electron chi connectivity index (χ0n) is 8.01. The average Bonchev–Trinajstić information content (AvgIpc) is 2.25. The number of amides is 1. The summed E-state index contributed by atoms with van der Waals surface area (Å²) in [4.78, 5) is 15.0. The molecule has 0 saturated heterocycles. The van der Waals surface area contributed by atoms with E-state index in [9.17, 15) is 18.0 Å². The number of rotatable bonds is 3. The van der Waals surface area contributed by atoms with Crippen LogP contribution in [0.2, 0.25) is 0 Å². The molecule has 0 radical (unpaired) electrons. The molecule has 0 aromatic carbocycles. The van der Waals surface area contributed by atoms with Crippen LogP contribution in [0, 0.1) is 0 Å². The maximum atomic E-state index is 11.8. The lowest BCUT2D eigenvalue weighted by Gasteiger charge is -2.10. The zero-order valence-corrected chi connectivity index (χ0v) is 8.01. The number of nitrogen functional groups attached to an aromatic ring is 1. The Hall–Kier alpha value is -1.83. The summed E-state index contributed by atoms with van der Waals surface area (Å²) >= 11 is 0. The Morgan fingerprint density at radius 2 is 2.19 bits per heavy atom. The number of nitrogens with zero attached hydrogens (tertiary/aromatic N) is 1. The SMILES string of the molecule is NNc1ncccc1C(=O)NCC(F)(F)F. The van der Waals surface area contributed by atoms with E-state index in [-0.39, 0.29) is 11.4 Å². The van der Waals surface area contributed by atoms with E-state index in [1.54, 1.807) is 5.32 Å². The number of hydrogen-bond donors (Lipinski definition) is 3. The Morgan fingerprint density at radius 3 is 2.75 bits per heavy atom. The van der Waals surface area contributed by atoms with Gasteiger partial charge in [0, 0.05) is 6.20 Å². The molecule has 0 atom stereocenters. The van der Waals surface area contributed by atoms with Gasteiger partial charge in [-0.1, -0.05) is 0 Å². The molecule has 0 fully saturated rings. The fraction of sp³-hybridized carbons (Fsp3) is 0.250. The number of anilines is 1. The largest absolute Gasteiger partial charge is 0.405 e. The first-order chi connectivity index (χ1) is 7.44. The smallest absolute Gasteiger partial charge is 0.343 e. The van der Waals surface area contributed by atoms with Crippen molar-refractivity contribution >= 4 is 11.7 Å². The molecule has 0 bridgehead atoms. The summed E-state index contributed by atoms with van der Waals surface area (Å²) in [6, 6.07) is 2.73. The van der Waals surface area contributed by atoms with Crippen molar-refractivity contribution in [2.75, 3.05) is 12.0 Å². The maximum absolute atomic E-state index is 11.8. The highest BCUT2D eigenvalue weighted by atomic mass is 19.4. The van der Waals surface area contributed by atoms with Crippen molar-refractivity contribution < 1.29 is 18.0 Å². The summed E-state index contributed by atoms with van der Waals surface area (Å²) in [5.41, 5.74) is 2.07. The van der Waals surface area contributed by atoms with Crippen molar-refractivity contribution in [3.05, 3.63) is 23.9 Å². The Labute approximate surface area is 88.8 Å². The Balaban J connectivity index is 2.73. The first kappa shape index (κ1) is 12.2. The second-order valence-electron chi connectivity index (χ2n) is 2.84. The van der Waals surface area contributed by atoms with E-state index in [4.69, 9.17) is 5.84 Å². The topological polar surface area (TPSA) is 80.0 Å². The summed E-state index contributed by atoms with van der Waals surface area (Å²) in [7, 11) is 0. The molecule has 5 nitrogen and oxygen atoms in total. The van der Waals surface area contributed by atoms with E-state index in [2.05, 4.69) is 10.4 Å². The monoisotopic (exact) mass is 234 g/mol. The fourth-order valence-corrected chi connectivity index (χ4v) is 0.979. The van der Waals surface area contributed by atoms with Crippen LogP contribution in [-0.4, -0.2) is 23.6 Å². The number of hydrogen-bond acceptors (Lipinski definition) is 4. The number of pyridine rings is 1. The molecule has 1 amide bonds. The van der Waals surface area contributed by atoms with Gasteiger partial charge in [0.2, 0.25) is 0 Å². The molecular formula is C8H9F3N4O. The third-order valence-corrected chi connectivity index (χ3v) is 1.64. The zero-order chi connectivity index (χ0) is 12.2. The molecule has 88 valence electrons. The Morgan fingerprint density at radius 1 is 1.50 bits per heavy atom. The van der Waals surface area contributed by atoms with Crippen LogP contribution in [0.4, 0.5) is 19.0 Å². The summed E-state index contributed by atoms with van der Waals surface area (Å²) in [5.74, 6) is 4.18. The van der Waals surface area contributed by atoms with E-state index in [0.717, 1.165) is 0 Å². The quantitative estimate of drug-likeness (QED) is 0.530. The lowest BCUT2D eigenvalue weighted by molar-refractivity contribution is -0.123. The molecule has 0 spiro atoms. The van der Waals surface area contributed by atoms with Gasteiger partial charge in [-0.05, 0) is 12.1 Å². The lowest BCUT2D eigenvalue weighted by atomic mass is 10.2. The van der Waals surface area contributed by atoms with E-state index >= 15 is 0 Å². The van der Waals surface area contributed by atoms with E-state index in [1.165, 1.54) is 18.3 Å². The molecule has 1 rings (SSSR count). The van der Waals surface area contributed by atoms with Crippen molar-refractivity contribution in [1.29, 1.82) is 0 Å². The van der Waals surface area contributed by atoms with Crippen LogP contribution >= 0.6 is 0 Å². The van der Waals surface area contributed by atoms with Gasteiger partial charge in [0.1, 0.15) is 6.54 Å². The summed E-state index contributed by atoms with van der Waals surface area (Å²) in [5, 5.41) is 1.71. The molecule has 0 aliphatic carbocycles. The molecule has 16 heavy (non-hydrogen) atoms. The van der Waals surface area contributed by atoms with Gasteiger partial charge < -0.3 is 10.7 Å². The third-order valence-electron chi connectivity index (χ3n) is 1.64. The minimum absolute atomic E-state index is 0.0159. The number of carbonyl (C=O) groups excluding carboxylic acids is 1. The molecule has 0 unspecified atom stereocenters.